The van der Waals surface area contributed by atoms with Gasteiger partial charge in [0.05, 0.1) is 54.6 Å². The van der Waals surface area contributed by atoms with E-state index < -0.39 is 0 Å². The summed E-state index contributed by atoms with van der Waals surface area (Å²) in [6.45, 7) is 5.60. The minimum atomic E-state index is -0.186. The third-order valence-corrected chi connectivity index (χ3v) is 7.93. The number of nitrogens with zero attached hydrogens (tertiary/aromatic N) is 2. The minimum absolute atomic E-state index is 0.106. The normalized spacial score (nSPS) is 52.7. The monoisotopic (exact) mass is 322 g/mol. The fourth-order valence-electron chi connectivity index (χ4n) is 7.17. The summed E-state index contributed by atoms with van der Waals surface area (Å²) in [4.78, 5) is 5.06. The summed E-state index contributed by atoms with van der Waals surface area (Å²) in [7, 11) is 1.86. The molecule has 1 aromatic rings. The van der Waals surface area contributed by atoms with Gasteiger partial charge in [-0.1, -0.05) is 24.3 Å². The number of para-hydroxylation sites is 1. The van der Waals surface area contributed by atoms with Gasteiger partial charge in [0.2, 0.25) is 0 Å². The fraction of sp³-hybridized carbons (Fsp3) is 0.550. The molecule has 2 saturated carbocycles. The van der Waals surface area contributed by atoms with Gasteiger partial charge in [0.15, 0.2) is 0 Å². The molecule has 124 valence electrons. The van der Waals surface area contributed by atoms with Crippen molar-refractivity contribution >= 4 is 11.4 Å². The molecule has 0 aromatic heterocycles. The number of ether oxygens (including phenoxy) is 1. The second kappa shape index (κ2) is 3.85. The molecule has 2 aliphatic carbocycles. The highest BCUT2D eigenvalue weighted by Crippen LogP contribution is 2.71. The molecule has 0 radical (unpaired) electrons. The van der Waals surface area contributed by atoms with Crippen LogP contribution in [-0.4, -0.2) is 42.7 Å². The number of fused-ring (bicyclic) bond motifs is 4. The molecule has 6 aliphatic rings. The maximum absolute atomic E-state index is 13.4. The Balaban J connectivity index is 1.72. The molecule has 4 aliphatic heterocycles. The largest absolute Gasteiger partial charge is 0.633 e. The first-order chi connectivity index (χ1) is 11.5. The predicted molar refractivity (Wildman–Crippen MR) is 92.0 cm³/mol. The lowest BCUT2D eigenvalue weighted by Gasteiger charge is -2.74. The van der Waals surface area contributed by atoms with Crippen LogP contribution in [0.2, 0.25) is 0 Å². The van der Waals surface area contributed by atoms with Crippen molar-refractivity contribution in [1.29, 1.82) is 0 Å². The number of hydroxylamine groups is 3. The lowest BCUT2D eigenvalue weighted by Crippen LogP contribution is -2.82. The van der Waals surface area contributed by atoms with Gasteiger partial charge in [0, 0.05) is 12.3 Å². The van der Waals surface area contributed by atoms with Crippen molar-refractivity contribution in [2.24, 2.45) is 22.2 Å². The molecule has 1 aromatic carbocycles. The maximum atomic E-state index is 13.4. The van der Waals surface area contributed by atoms with Crippen LogP contribution < -0.4 is 0 Å². The first-order valence-electron chi connectivity index (χ1n) is 9.03. The SMILES string of the molecule is C=C[C@@]12C[N@+](C)([O-])C3C[C@]14C(=Nc1ccccc14)[C@H]1C[C@@H]2[C@@H]3CO1. The molecule has 1 spiro atoms. The molecular weight excluding hydrogens is 300 g/mol. The number of aliphatic imine (C=N–C) groups is 1. The lowest BCUT2D eigenvalue weighted by molar-refractivity contribution is -0.915. The highest BCUT2D eigenvalue weighted by molar-refractivity contribution is 6.07. The molecule has 24 heavy (non-hydrogen) atoms. The number of hydrogen-bond donors (Lipinski definition) is 0. The van der Waals surface area contributed by atoms with E-state index in [0.29, 0.717) is 25.0 Å². The highest BCUT2D eigenvalue weighted by Gasteiger charge is 2.77. The van der Waals surface area contributed by atoms with Gasteiger partial charge >= 0.3 is 0 Å². The van der Waals surface area contributed by atoms with Crippen LogP contribution >= 0.6 is 0 Å². The Labute approximate surface area is 142 Å². The zero-order valence-corrected chi connectivity index (χ0v) is 13.9. The molecule has 3 saturated heterocycles. The van der Waals surface area contributed by atoms with Crippen molar-refractivity contribution in [1.82, 2.24) is 0 Å². The van der Waals surface area contributed by atoms with Crippen molar-refractivity contribution in [3.63, 3.8) is 0 Å². The van der Waals surface area contributed by atoms with Crippen molar-refractivity contribution in [2.75, 3.05) is 20.2 Å². The van der Waals surface area contributed by atoms with Crippen LogP contribution in [0.25, 0.3) is 0 Å². The molecule has 7 atom stereocenters. The summed E-state index contributed by atoms with van der Waals surface area (Å²) in [6, 6.07) is 8.61. The van der Waals surface area contributed by atoms with Crippen LogP contribution in [0.1, 0.15) is 18.4 Å². The molecule has 4 nitrogen and oxygen atoms in total. The van der Waals surface area contributed by atoms with E-state index in [-0.39, 0.29) is 27.6 Å². The van der Waals surface area contributed by atoms with E-state index in [0.717, 1.165) is 18.5 Å². The highest BCUT2D eigenvalue weighted by atomic mass is 16.5. The number of rotatable bonds is 1. The Morgan fingerprint density at radius 1 is 1.42 bits per heavy atom. The molecule has 4 heterocycles. The van der Waals surface area contributed by atoms with Gasteiger partial charge in [-0.15, -0.1) is 6.58 Å². The van der Waals surface area contributed by atoms with Crippen LogP contribution in [0.3, 0.4) is 0 Å². The average Bonchev–Trinajstić information content (AvgIpc) is 2.89. The molecule has 1 unspecified atom stereocenters. The molecule has 0 N–H and O–H groups in total. The molecule has 5 bridgehead atoms. The third-order valence-electron chi connectivity index (χ3n) is 7.93. The van der Waals surface area contributed by atoms with Crippen molar-refractivity contribution in [3.05, 3.63) is 47.7 Å². The minimum Gasteiger partial charge on any atom is -0.633 e. The summed E-state index contributed by atoms with van der Waals surface area (Å²) in [5, 5.41) is 13.4. The number of piperidine rings is 2. The molecular formula is C20H22N2O2. The second-order valence-electron chi connectivity index (χ2n) is 8.60. The van der Waals surface area contributed by atoms with Crippen LogP contribution in [0.5, 0.6) is 0 Å². The Hall–Kier alpha value is -1.49. The second-order valence-corrected chi connectivity index (χ2v) is 8.60. The van der Waals surface area contributed by atoms with Crippen LogP contribution in [-0.2, 0) is 10.2 Å². The maximum Gasteiger partial charge on any atom is 0.0968 e. The Morgan fingerprint density at radius 3 is 3.08 bits per heavy atom. The third kappa shape index (κ3) is 1.18. The van der Waals surface area contributed by atoms with Crippen LogP contribution in [0, 0.1) is 22.5 Å². The van der Waals surface area contributed by atoms with Gasteiger partial charge in [-0.05, 0) is 24.0 Å². The van der Waals surface area contributed by atoms with Crippen molar-refractivity contribution in [2.45, 2.75) is 30.4 Å². The van der Waals surface area contributed by atoms with Gasteiger partial charge in [0.1, 0.15) is 0 Å². The van der Waals surface area contributed by atoms with E-state index >= 15 is 0 Å². The van der Waals surface area contributed by atoms with Gasteiger partial charge in [0.25, 0.3) is 0 Å². The van der Waals surface area contributed by atoms with E-state index in [1.54, 1.807) is 0 Å². The molecule has 5 fully saturated rings. The van der Waals surface area contributed by atoms with E-state index in [2.05, 4.69) is 36.9 Å². The van der Waals surface area contributed by atoms with Gasteiger partial charge in [-0.2, -0.15) is 0 Å². The number of hydrogen-bond acceptors (Lipinski definition) is 3. The Morgan fingerprint density at radius 2 is 2.25 bits per heavy atom. The van der Waals surface area contributed by atoms with Gasteiger partial charge < -0.3 is 14.6 Å². The Kier molecular flexibility index (Phi) is 2.20. The van der Waals surface area contributed by atoms with E-state index in [9.17, 15) is 5.21 Å². The molecule has 0 amide bonds. The van der Waals surface area contributed by atoms with Crippen LogP contribution in [0.15, 0.2) is 41.9 Å². The van der Waals surface area contributed by atoms with E-state index in [1.165, 1.54) is 11.3 Å². The quantitative estimate of drug-likeness (QED) is 0.453. The van der Waals surface area contributed by atoms with Gasteiger partial charge in [-0.25, -0.2) is 0 Å². The zero-order valence-electron chi connectivity index (χ0n) is 13.9. The standard InChI is InChI=1S/C20H22N2O2/c1-3-19-11-22(2,23)16-9-20(19)13-6-4-5-7-15(13)21-18(20)17-8-14(19)12(16)10-24-17/h3-7,12,14,16-17H,1,8-11H2,2H3/t12-,14+,16?,17+,19-,20-,22-/m0/s1. The summed E-state index contributed by atoms with van der Waals surface area (Å²) in [6.07, 6.45) is 4.15. The fourth-order valence-corrected chi connectivity index (χ4v) is 7.17. The average molecular weight is 322 g/mol. The molecule has 4 heteroatoms. The summed E-state index contributed by atoms with van der Waals surface area (Å²) in [5.74, 6) is 0.855. The molecule has 7 rings (SSSR count). The topological polar surface area (TPSA) is 44.7 Å². The van der Waals surface area contributed by atoms with Crippen LogP contribution in [0.4, 0.5) is 5.69 Å². The van der Waals surface area contributed by atoms with E-state index in [1.807, 2.05) is 7.05 Å². The predicted octanol–water partition coefficient (Wildman–Crippen LogP) is 2.95. The summed E-state index contributed by atoms with van der Waals surface area (Å²) >= 11 is 0. The smallest absolute Gasteiger partial charge is 0.0968 e. The lowest BCUT2D eigenvalue weighted by atomic mass is 9.37. The van der Waals surface area contributed by atoms with Crippen molar-refractivity contribution in [3.8, 4) is 0 Å². The number of benzene rings is 1. The zero-order chi connectivity index (χ0) is 16.3. The summed E-state index contributed by atoms with van der Waals surface area (Å²) < 4.78 is 6.09. The first kappa shape index (κ1) is 13.8. The number of quaternary nitrogens is 1. The summed E-state index contributed by atoms with van der Waals surface area (Å²) in [5.41, 5.74) is 3.22. The Bertz CT molecular complexity index is 816. The van der Waals surface area contributed by atoms with Crippen molar-refractivity contribution < 1.29 is 9.38 Å². The van der Waals surface area contributed by atoms with E-state index in [4.69, 9.17) is 9.73 Å². The first-order valence-corrected chi connectivity index (χ1v) is 9.03. The van der Waals surface area contributed by atoms with Gasteiger partial charge in [-0.3, -0.25) is 4.99 Å².